The molecule has 0 aliphatic rings. The van der Waals surface area contributed by atoms with Gasteiger partial charge in [-0.25, -0.2) is 0 Å². The van der Waals surface area contributed by atoms with Crippen LogP contribution in [0.1, 0.15) is 20.3 Å². The molecule has 0 rings (SSSR count). The lowest BCUT2D eigenvalue weighted by Gasteiger charge is -2.12. The van der Waals surface area contributed by atoms with Gasteiger partial charge in [0.2, 0.25) is 11.6 Å². The zero-order chi connectivity index (χ0) is 12.2. The summed E-state index contributed by atoms with van der Waals surface area (Å²) in [6.07, 6.45) is -5.41. The highest BCUT2D eigenvalue weighted by atomic mass is 19.4. The summed E-state index contributed by atoms with van der Waals surface area (Å²) in [4.78, 5) is 24.1. The molecule has 0 amide bonds. The van der Waals surface area contributed by atoms with Crippen LogP contribution in [0.4, 0.5) is 13.2 Å². The van der Waals surface area contributed by atoms with Crippen LogP contribution in [0.3, 0.4) is 0 Å². The smallest absolute Gasteiger partial charge is 0.360 e. The number of Topliss-reactive ketones (excluding diaryl/α,β-unsaturated/α-hetero) is 2. The van der Waals surface area contributed by atoms with Crippen LogP contribution in [0, 0.1) is 5.92 Å². The first-order valence-electron chi connectivity index (χ1n) is 4.03. The molecule has 0 spiro atoms. The summed E-state index contributed by atoms with van der Waals surface area (Å²) in [5, 5.41) is 0. The predicted octanol–water partition coefficient (Wildman–Crippen LogP) is 1.40. The van der Waals surface area contributed by atoms with Gasteiger partial charge in [-0.15, -0.1) is 0 Å². The third-order valence-corrected chi connectivity index (χ3v) is 1.75. The summed E-state index contributed by atoms with van der Waals surface area (Å²) in [5.74, 6) is -3.85. The van der Waals surface area contributed by atoms with Crippen molar-refractivity contribution in [3.05, 3.63) is 5.53 Å². The maximum atomic E-state index is 12.0. The molecule has 1 atom stereocenters. The van der Waals surface area contributed by atoms with Gasteiger partial charge in [0.05, 0.1) is 5.92 Å². The normalized spacial score (nSPS) is 12.9. The van der Waals surface area contributed by atoms with Crippen molar-refractivity contribution >= 4 is 17.3 Å². The first-order chi connectivity index (χ1) is 6.70. The summed E-state index contributed by atoms with van der Waals surface area (Å²) in [6, 6.07) is 0. The molecular formula is C8H9F3N2O2. The van der Waals surface area contributed by atoms with Gasteiger partial charge >= 0.3 is 11.9 Å². The summed E-state index contributed by atoms with van der Waals surface area (Å²) in [7, 11) is 0. The molecule has 15 heavy (non-hydrogen) atoms. The number of hydrogen-bond donors (Lipinski definition) is 0. The maximum absolute atomic E-state index is 12.0. The van der Waals surface area contributed by atoms with Crippen molar-refractivity contribution in [3.63, 3.8) is 0 Å². The quantitative estimate of drug-likeness (QED) is 0.312. The van der Waals surface area contributed by atoms with Crippen LogP contribution in [0.15, 0.2) is 0 Å². The van der Waals surface area contributed by atoms with Crippen molar-refractivity contribution in [2.24, 2.45) is 5.92 Å². The Balaban J connectivity index is 4.65. The molecule has 0 aromatic heterocycles. The van der Waals surface area contributed by atoms with Crippen LogP contribution in [0.5, 0.6) is 0 Å². The SMILES string of the molecule is CC(=O)C(=[N+]=[N-])C(=O)CC(C)C(F)(F)F. The van der Waals surface area contributed by atoms with Crippen molar-refractivity contribution in [2.75, 3.05) is 0 Å². The van der Waals surface area contributed by atoms with Gasteiger partial charge in [0.1, 0.15) is 0 Å². The minimum absolute atomic E-state index is 0.813. The highest BCUT2D eigenvalue weighted by Crippen LogP contribution is 2.28. The number of halogens is 3. The van der Waals surface area contributed by atoms with Crippen LogP contribution in [-0.4, -0.2) is 28.2 Å². The minimum Gasteiger partial charge on any atom is -0.360 e. The van der Waals surface area contributed by atoms with E-state index in [4.69, 9.17) is 5.53 Å². The number of hydrogen-bond acceptors (Lipinski definition) is 2. The molecule has 0 saturated heterocycles. The zero-order valence-electron chi connectivity index (χ0n) is 8.13. The van der Waals surface area contributed by atoms with E-state index in [0.29, 0.717) is 0 Å². The molecule has 0 saturated carbocycles. The highest BCUT2D eigenvalue weighted by molar-refractivity contribution is 6.63. The summed E-state index contributed by atoms with van der Waals surface area (Å²) in [6.45, 7) is 1.75. The second-order valence-electron chi connectivity index (χ2n) is 3.07. The van der Waals surface area contributed by atoms with E-state index < -0.39 is 35.8 Å². The Hall–Kier alpha value is -1.49. The van der Waals surface area contributed by atoms with Crippen molar-refractivity contribution in [3.8, 4) is 0 Å². The Morgan fingerprint density at radius 2 is 1.87 bits per heavy atom. The Labute approximate surface area is 83.7 Å². The molecule has 0 heterocycles. The summed E-state index contributed by atoms with van der Waals surface area (Å²) >= 11 is 0. The maximum Gasteiger partial charge on any atom is 0.399 e. The van der Waals surface area contributed by atoms with Gasteiger partial charge in [0.25, 0.3) is 0 Å². The molecule has 7 heteroatoms. The molecular weight excluding hydrogens is 213 g/mol. The molecule has 0 fully saturated rings. The molecule has 0 aliphatic heterocycles. The van der Waals surface area contributed by atoms with Gasteiger partial charge in [0, 0.05) is 13.3 Å². The lowest BCUT2D eigenvalue weighted by Crippen LogP contribution is -2.29. The molecule has 1 unspecified atom stereocenters. The molecule has 0 N–H and O–H groups in total. The van der Waals surface area contributed by atoms with E-state index in [0.717, 1.165) is 13.8 Å². The Morgan fingerprint density at radius 3 is 2.13 bits per heavy atom. The van der Waals surface area contributed by atoms with E-state index >= 15 is 0 Å². The molecule has 84 valence electrons. The van der Waals surface area contributed by atoms with Gasteiger partial charge in [0.15, 0.2) is 0 Å². The third kappa shape index (κ3) is 4.03. The molecule has 4 nitrogen and oxygen atoms in total. The van der Waals surface area contributed by atoms with E-state index in [1.165, 1.54) is 0 Å². The number of carbonyl (C=O) groups is 2. The topological polar surface area (TPSA) is 70.5 Å². The van der Waals surface area contributed by atoms with Gasteiger partial charge in [-0.2, -0.15) is 18.0 Å². The molecule has 0 aliphatic carbocycles. The minimum atomic E-state index is -4.51. The number of alkyl halides is 3. The number of ketones is 2. The fraction of sp³-hybridized carbons (Fsp3) is 0.625. The van der Waals surface area contributed by atoms with Crippen molar-refractivity contribution in [1.82, 2.24) is 0 Å². The lowest BCUT2D eigenvalue weighted by molar-refractivity contribution is -0.173. The van der Waals surface area contributed by atoms with E-state index in [1.54, 1.807) is 0 Å². The van der Waals surface area contributed by atoms with Gasteiger partial charge in [-0.05, 0) is 0 Å². The van der Waals surface area contributed by atoms with Crippen molar-refractivity contribution in [2.45, 2.75) is 26.4 Å². The first-order valence-corrected chi connectivity index (χ1v) is 4.03. The van der Waals surface area contributed by atoms with E-state index in [1.807, 2.05) is 0 Å². The largest absolute Gasteiger partial charge is 0.399 e. The lowest BCUT2D eigenvalue weighted by atomic mass is 10.0. The number of carbonyl (C=O) groups excluding carboxylic acids is 2. The predicted molar refractivity (Wildman–Crippen MR) is 44.2 cm³/mol. The Morgan fingerprint density at radius 1 is 1.40 bits per heavy atom. The van der Waals surface area contributed by atoms with Crippen LogP contribution < -0.4 is 0 Å². The second kappa shape index (κ2) is 4.84. The molecule has 0 radical (unpaired) electrons. The highest BCUT2D eigenvalue weighted by Gasteiger charge is 2.39. The standard InChI is InChI=1S/C8H9F3N2O2/c1-4(8(9,10)11)3-6(15)7(13-12)5(2)14/h4H,3H2,1-2H3. The monoisotopic (exact) mass is 222 g/mol. The van der Waals surface area contributed by atoms with Crippen LogP contribution in [0.25, 0.3) is 5.53 Å². The fourth-order valence-electron chi connectivity index (χ4n) is 0.813. The molecule has 0 aromatic rings. The molecule has 0 aromatic carbocycles. The van der Waals surface area contributed by atoms with Gasteiger partial charge in [-0.3, -0.25) is 9.59 Å². The van der Waals surface area contributed by atoms with Crippen LogP contribution >= 0.6 is 0 Å². The van der Waals surface area contributed by atoms with Crippen LogP contribution in [-0.2, 0) is 9.59 Å². The number of rotatable bonds is 4. The third-order valence-electron chi connectivity index (χ3n) is 1.75. The zero-order valence-corrected chi connectivity index (χ0v) is 8.13. The summed E-state index contributed by atoms with van der Waals surface area (Å²) in [5.41, 5.74) is 7.39. The van der Waals surface area contributed by atoms with E-state index in [9.17, 15) is 22.8 Å². The fourth-order valence-corrected chi connectivity index (χ4v) is 0.813. The Kier molecular flexibility index (Phi) is 4.36. The average molecular weight is 222 g/mol. The summed E-state index contributed by atoms with van der Waals surface area (Å²) < 4.78 is 36.1. The van der Waals surface area contributed by atoms with Gasteiger partial charge < -0.3 is 5.53 Å². The van der Waals surface area contributed by atoms with Crippen molar-refractivity contribution in [1.29, 1.82) is 0 Å². The van der Waals surface area contributed by atoms with Crippen molar-refractivity contribution < 1.29 is 27.6 Å². The van der Waals surface area contributed by atoms with E-state index in [-0.39, 0.29) is 0 Å². The van der Waals surface area contributed by atoms with Gasteiger partial charge in [-0.1, -0.05) is 6.92 Å². The molecule has 0 bridgehead atoms. The second-order valence-corrected chi connectivity index (χ2v) is 3.07. The Bertz CT molecular complexity index is 329. The number of nitrogens with zero attached hydrogens (tertiary/aromatic N) is 2. The first kappa shape index (κ1) is 13.5. The average Bonchev–Trinajstić information content (AvgIpc) is 2.02. The van der Waals surface area contributed by atoms with Crippen LogP contribution in [0.2, 0.25) is 0 Å². The van der Waals surface area contributed by atoms with E-state index in [2.05, 4.69) is 4.79 Å².